The predicted octanol–water partition coefficient (Wildman–Crippen LogP) is 6.36. The lowest BCUT2D eigenvalue weighted by atomic mass is 9.84. The summed E-state index contributed by atoms with van der Waals surface area (Å²) in [6.45, 7) is 5.77. The minimum Gasteiger partial charge on any atom is -0.371 e. The number of likely N-dealkylation sites (tertiary alicyclic amines) is 2. The zero-order valence-electron chi connectivity index (χ0n) is 39.4. The highest BCUT2D eigenvalue weighted by Gasteiger charge is 2.45. The molecule has 18 nitrogen and oxygen atoms in total. The lowest BCUT2D eigenvalue weighted by molar-refractivity contribution is -0.137. The average Bonchev–Trinajstić information content (AvgIpc) is 4.15. The number of aromatic nitrogens is 4. The number of sulfonamides is 2. The number of alkyl halides is 4. The molecule has 5 fully saturated rings. The highest BCUT2D eigenvalue weighted by Crippen LogP contribution is 2.42. The van der Waals surface area contributed by atoms with E-state index in [4.69, 9.17) is 11.6 Å². The highest BCUT2D eigenvalue weighted by molar-refractivity contribution is 7.92. The Morgan fingerprint density at radius 2 is 1.37 bits per heavy atom. The minimum absolute atomic E-state index is 0.0183. The Labute approximate surface area is 415 Å². The lowest BCUT2D eigenvalue weighted by Gasteiger charge is -2.45. The normalized spacial score (nSPS) is 20.8. The van der Waals surface area contributed by atoms with Gasteiger partial charge in [-0.2, -0.15) is 22.5 Å². The fourth-order valence-electron chi connectivity index (χ4n) is 10.9. The van der Waals surface area contributed by atoms with Crippen molar-refractivity contribution in [2.75, 3.05) is 96.7 Å². The van der Waals surface area contributed by atoms with Crippen molar-refractivity contribution in [2.45, 2.75) is 88.4 Å². The minimum atomic E-state index is -4.50. The molecular formula is C46H59ClF4N12O6S2. The predicted molar refractivity (Wildman–Crippen MR) is 262 cm³/mol. The molecule has 2 aromatic carbocycles. The van der Waals surface area contributed by atoms with Crippen LogP contribution in [0.1, 0.15) is 68.1 Å². The molecular weight excluding hydrogens is 992 g/mol. The van der Waals surface area contributed by atoms with Crippen LogP contribution in [0.5, 0.6) is 0 Å². The monoisotopic (exact) mass is 1050 g/mol. The molecule has 0 bridgehead atoms. The van der Waals surface area contributed by atoms with Crippen LogP contribution in [0.3, 0.4) is 0 Å². The van der Waals surface area contributed by atoms with Crippen LogP contribution in [0.4, 0.5) is 50.2 Å². The summed E-state index contributed by atoms with van der Waals surface area (Å²) < 4.78 is 113. The second kappa shape index (κ2) is 20.4. The fraction of sp³-hybridized carbons (Fsp3) is 0.565. The van der Waals surface area contributed by atoms with Gasteiger partial charge in [0.05, 0.1) is 17.6 Å². The summed E-state index contributed by atoms with van der Waals surface area (Å²) in [4.78, 5) is 38.8. The standard InChI is InChI=1S/C46H59ClF4N12O6S2/c1-70(66,67)54-41-11-20-63(52-41)44(65)59-26-24-56(25-27-59)30-34-28-36(47)7-8-39(34)61-17-2-4-38(61)32-71(68,69)55-42-12-21-62(53-42)43(64)58-22-14-45(15-23-58)13-3-16-60(45)31-33-5-6-35(46(49,50)51)29-40(33)57-18-9-37(48)10-19-57/h5-8,11-12,20-21,28-29,37-38H,2-4,9-10,13-19,22-27,30-32H2,1H3,(H,52,54)(H,53,55). The second-order valence-corrected chi connectivity index (χ2v) is 23.3. The third kappa shape index (κ3) is 11.9. The molecule has 1 unspecified atom stereocenters. The van der Waals surface area contributed by atoms with Crippen LogP contribution in [0, 0.1) is 0 Å². The Bertz CT molecular complexity index is 2810. The molecule has 1 atom stereocenters. The van der Waals surface area contributed by atoms with Crippen molar-refractivity contribution in [3.63, 3.8) is 0 Å². The van der Waals surface area contributed by atoms with E-state index in [2.05, 4.69) is 34.3 Å². The van der Waals surface area contributed by atoms with E-state index in [0.717, 1.165) is 64.3 Å². The van der Waals surface area contributed by atoms with Crippen molar-refractivity contribution in [3.05, 3.63) is 82.6 Å². The summed E-state index contributed by atoms with van der Waals surface area (Å²) in [7, 11) is -7.50. The molecule has 2 aromatic heterocycles. The zero-order chi connectivity index (χ0) is 50.3. The maximum absolute atomic E-state index is 14.0. The van der Waals surface area contributed by atoms with Gasteiger partial charge in [-0.3, -0.25) is 19.2 Å². The van der Waals surface area contributed by atoms with E-state index in [1.807, 2.05) is 17.0 Å². The van der Waals surface area contributed by atoms with Crippen molar-refractivity contribution in [1.29, 1.82) is 0 Å². The van der Waals surface area contributed by atoms with Gasteiger partial charge in [-0.15, -0.1) is 10.2 Å². The maximum atomic E-state index is 14.0. The molecule has 4 aromatic rings. The molecule has 7 heterocycles. The summed E-state index contributed by atoms with van der Waals surface area (Å²) >= 11 is 6.51. The van der Waals surface area contributed by atoms with Crippen molar-refractivity contribution < 1.29 is 44.0 Å². The Kier molecular flexibility index (Phi) is 14.6. The summed E-state index contributed by atoms with van der Waals surface area (Å²) in [6.07, 6.45) is 3.42. The molecule has 2 N–H and O–H groups in total. The van der Waals surface area contributed by atoms with Gasteiger partial charge in [-0.25, -0.2) is 30.8 Å². The number of rotatable bonds is 12. The molecule has 2 amide bonds. The molecule has 1 spiro atoms. The molecule has 5 aliphatic heterocycles. The Hall–Kier alpha value is -5.17. The summed E-state index contributed by atoms with van der Waals surface area (Å²) in [5.74, 6) is -0.156. The maximum Gasteiger partial charge on any atom is 0.416 e. The first-order chi connectivity index (χ1) is 33.7. The van der Waals surface area contributed by atoms with Gasteiger partial charge in [0.25, 0.3) is 0 Å². The Morgan fingerprint density at radius 3 is 2.01 bits per heavy atom. The van der Waals surface area contributed by atoms with Crippen molar-refractivity contribution in [2.24, 2.45) is 0 Å². The molecule has 0 aliphatic carbocycles. The number of hydrogen-bond acceptors (Lipinski definition) is 12. The van der Waals surface area contributed by atoms with Crippen molar-refractivity contribution >= 4 is 66.7 Å². The van der Waals surface area contributed by atoms with Gasteiger partial charge in [-0.1, -0.05) is 17.7 Å². The van der Waals surface area contributed by atoms with E-state index in [1.165, 1.54) is 30.6 Å². The molecule has 71 heavy (non-hydrogen) atoms. The largest absolute Gasteiger partial charge is 0.416 e. The summed E-state index contributed by atoms with van der Waals surface area (Å²) in [5, 5.41) is 8.92. The molecule has 5 aliphatic rings. The van der Waals surface area contributed by atoms with E-state index in [0.29, 0.717) is 102 Å². The molecule has 9 rings (SSSR count). The number of carbonyl (C=O) groups excluding carboxylic acids is 2. The lowest BCUT2D eigenvalue weighted by Crippen LogP contribution is -2.53. The third-order valence-corrected chi connectivity index (χ3v) is 16.7. The molecule has 386 valence electrons. The number of benzene rings is 2. The van der Waals surface area contributed by atoms with Gasteiger partial charge >= 0.3 is 18.2 Å². The first kappa shape index (κ1) is 50.8. The van der Waals surface area contributed by atoms with Crippen LogP contribution in [0.25, 0.3) is 0 Å². The number of carbonyl (C=O) groups is 2. The van der Waals surface area contributed by atoms with Gasteiger partial charge < -0.3 is 19.6 Å². The fourth-order valence-corrected chi connectivity index (χ4v) is 13.0. The van der Waals surface area contributed by atoms with E-state index in [9.17, 15) is 44.0 Å². The van der Waals surface area contributed by atoms with Gasteiger partial charge in [0.2, 0.25) is 20.0 Å². The molecule has 0 radical (unpaired) electrons. The van der Waals surface area contributed by atoms with Gasteiger partial charge in [0.1, 0.15) is 6.17 Å². The quantitative estimate of drug-likeness (QED) is 0.150. The smallest absolute Gasteiger partial charge is 0.371 e. The Morgan fingerprint density at radius 1 is 0.718 bits per heavy atom. The van der Waals surface area contributed by atoms with E-state index >= 15 is 0 Å². The van der Waals surface area contributed by atoms with Crippen LogP contribution in [-0.2, 0) is 39.3 Å². The molecule has 25 heteroatoms. The third-order valence-electron chi connectivity index (χ3n) is 14.5. The number of piperidine rings is 2. The Balaban J connectivity index is 0.785. The summed E-state index contributed by atoms with van der Waals surface area (Å²) in [5.41, 5.74) is 2.08. The van der Waals surface area contributed by atoms with Gasteiger partial charge in [-0.05, 0) is 99.4 Å². The number of anilines is 4. The van der Waals surface area contributed by atoms with E-state index < -0.39 is 44.0 Å². The van der Waals surface area contributed by atoms with E-state index in [1.54, 1.807) is 21.9 Å². The SMILES string of the molecule is CS(=O)(=O)Nc1ccn(C(=O)N2CCN(Cc3cc(Cl)ccc3N3CCCC3CS(=O)(=O)Nc3ccn(C(=O)N4CCC5(CCCN5Cc5ccc(C(F)(F)F)cc5N5CCC(F)CC5)CC4)n3)CC2)n1. The van der Waals surface area contributed by atoms with Crippen LogP contribution >= 0.6 is 11.6 Å². The zero-order valence-corrected chi connectivity index (χ0v) is 41.8. The van der Waals surface area contributed by atoms with Crippen LogP contribution in [0.15, 0.2) is 60.9 Å². The van der Waals surface area contributed by atoms with Crippen LogP contribution in [0.2, 0.25) is 5.02 Å². The number of amides is 2. The molecule has 5 saturated heterocycles. The first-order valence-corrected chi connectivity index (χ1v) is 27.9. The van der Waals surface area contributed by atoms with Gasteiger partial charge in [0, 0.05) is 124 Å². The number of piperazine rings is 1. The van der Waals surface area contributed by atoms with Crippen LogP contribution in [-0.4, -0.2) is 163 Å². The number of nitrogens with one attached hydrogen (secondary N) is 2. The first-order valence-electron chi connectivity index (χ1n) is 24.0. The highest BCUT2D eigenvalue weighted by atomic mass is 35.5. The average molecular weight is 1050 g/mol. The number of hydrogen-bond donors (Lipinski definition) is 2. The van der Waals surface area contributed by atoms with Crippen LogP contribution < -0.4 is 19.2 Å². The topological polar surface area (TPSA) is 182 Å². The number of halogens is 5. The number of nitrogens with zero attached hydrogens (tertiary/aromatic N) is 10. The van der Waals surface area contributed by atoms with Crippen molar-refractivity contribution in [1.82, 2.24) is 39.2 Å². The van der Waals surface area contributed by atoms with Gasteiger partial charge in [0.15, 0.2) is 11.6 Å². The molecule has 0 saturated carbocycles. The van der Waals surface area contributed by atoms with Crippen molar-refractivity contribution in [3.8, 4) is 0 Å². The second-order valence-electron chi connectivity index (χ2n) is 19.4. The van der Waals surface area contributed by atoms with E-state index in [-0.39, 0.29) is 47.8 Å². The summed E-state index contributed by atoms with van der Waals surface area (Å²) in [6, 6.07) is 11.2.